The summed E-state index contributed by atoms with van der Waals surface area (Å²) in [5, 5.41) is 17.2. The molecule has 0 saturated carbocycles. The van der Waals surface area contributed by atoms with Crippen LogP contribution >= 0.6 is 22.7 Å². The molecule has 0 unspecified atom stereocenters. The largest absolute Gasteiger partial charge is 0.235 e. The Kier molecular flexibility index (Phi) is 2.79. The molecule has 0 bridgehead atoms. The van der Waals surface area contributed by atoms with Gasteiger partial charge in [0.05, 0.1) is 0 Å². The maximum atomic E-state index is 13.4. The van der Waals surface area contributed by atoms with Crippen LogP contribution in [0.5, 0.6) is 0 Å². The summed E-state index contributed by atoms with van der Waals surface area (Å²) in [6.07, 6.45) is 0. The highest BCUT2D eigenvalue weighted by Gasteiger charge is 2.15. The molecule has 21 heavy (non-hydrogen) atoms. The van der Waals surface area contributed by atoms with Crippen molar-refractivity contribution in [2.24, 2.45) is 0 Å². The van der Waals surface area contributed by atoms with E-state index in [1.807, 2.05) is 16.8 Å². The lowest BCUT2D eigenvalue weighted by Gasteiger charge is -1.98. The fourth-order valence-electron chi connectivity index (χ4n) is 1.93. The van der Waals surface area contributed by atoms with Gasteiger partial charge in [0.25, 0.3) is 0 Å². The standard InChI is InChI=1S/C13H6F2N4S2/c14-9-2-1-7(5-10(9)15)11-16-17-13-19(11)18-12(21-13)8-3-4-20-6-8/h1-6H. The molecule has 0 aliphatic carbocycles. The van der Waals surface area contributed by atoms with Crippen LogP contribution in [0.1, 0.15) is 0 Å². The molecule has 104 valence electrons. The quantitative estimate of drug-likeness (QED) is 0.563. The van der Waals surface area contributed by atoms with Crippen molar-refractivity contribution in [2.45, 2.75) is 0 Å². The molecule has 0 N–H and O–H groups in total. The minimum atomic E-state index is -0.919. The first-order valence-electron chi connectivity index (χ1n) is 5.92. The molecular weight excluding hydrogens is 314 g/mol. The molecule has 8 heteroatoms. The maximum absolute atomic E-state index is 13.4. The molecule has 0 saturated heterocycles. The Hall–Kier alpha value is -2.19. The average molecular weight is 320 g/mol. The van der Waals surface area contributed by atoms with Crippen LogP contribution in [0.4, 0.5) is 8.78 Å². The molecule has 0 atom stereocenters. The molecule has 4 nitrogen and oxygen atoms in total. The van der Waals surface area contributed by atoms with Gasteiger partial charge < -0.3 is 0 Å². The fraction of sp³-hybridized carbons (Fsp3) is 0. The fourth-order valence-corrected chi connectivity index (χ4v) is 3.49. The number of nitrogens with zero attached hydrogens (tertiary/aromatic N) is 4. The Balaban J connectivity index is 1.87. The van der Waals surface area contributed by atoms with E-state index in [1.54, 1.807) is 15.9 Å². The van der Waals surface area contributed by atoms with Crippen LogP contribution < -0.4 is 0 Å². The second-order valence-corrected chi connectivity index (χ2v) is 6.00. The van der Waals surface area contributed by atoms with Gasteiger partial charge in [-0.3, -0.25) is 0 Å². The average Bonchev–Trinajstić information content (AvgIpc) is 3.15. The third-order valence-corrected chi connectivity index (χ3v) is 4.57. The number of halogens is 2. The zero-order chi connectivity index (χ0) is 14.4. The van der Waals surface area contributed by atoms with Crippen LogP contribution in [0.2, 0.25) is 0 Å². The van der Waals surface area contributed by atoms with Gasteiger partial charge in [0.2, 0.25) is 4.96 Å². The lowest BCUT2D eigenvalue weighted by molar-refractivity contribution is 0.509. The summed E-state index contributed by atoms with van der Waals surface area (Å²) in [6, 6.07) is 5.58. The first-order valence-corrected chi connectivity index (χ1v) is 7.68. The van der Waals surface area contributed by atoms with Crippen molar-refractivity contribution in [3.8, 4) is 22.0 Å². The molecule has 0 radical (unpaired) electrons. The van der Waals surface area contributed by atoms with Crippen molar-refractivity contribution in [2.75, 3.05) is 0 Å². The molecule has 1 aromatic carbocycles. The minimum absolute atomic E-state index is 0.390. The number of hydrogen-bond acceptors (Lipinski definition) is 5. The molecule has 0 aliphatic rings. The molecule has 3 aromatic heterocycles. The predicted octanol–water partition coefficient (Wildman–Crippen LogP) is 3.86. The van der Waals surface area contributed by atoms with Gasteiger partial charge in [0, 0.05) is 16.5 Å². The van der Waals surface area contributed by atoms with Gasteiger partial charge >= 0.3 is 0 Å². The van der Waals surface area contributed by atoms with E-state index in [2.05, 4.69) is 15.3 Å². The van der Waals surface area contributed by atoms with Gasteiger partial charge in [-0.2, -0.15) is 21.0 Å². The number of fused-ring (bicyclic) bond motifs is 1. The zero-order valence-electron chi connectivity index (χ0n) is 10.3. The van der Waals surface area contributed by atoms with E-state index in [1.165, 1.54) is 17.4 Å². The Morgan fingerprint density at radius 1 is 1.00 bits per heavy atom. The lowest BCUT2D eigenvalue weighted by Crippen LogP contribution is -1.92. The highest BCUT2D eigenvalue weighted by Crippen LogP contribution is 2.29. The number of rotatable bonds is 2. The summed E-state index contributed by atoms with van der Waals surface area (Å²) in [7, 11) is 0. The molecule has 0 amide bonds. The van der Waals surface area contributed by atoms with Crippen LogP contribution in [0.15, 0.2) is 35.0 Å². The van der Waals surface area contributed by atoms with Gasteiger partial charge in [-0.1, -0.05) is 11.3 Å². The van der Waals surface area contributed by atoms with E-state index < -0.39 is 11.6 Å². The van der Waals surface area contributed by atoms with Gasteiger partial charge in [-0.05, 0) is 29.6 Å². The Morgan fingerprint density at radius 3 is 2.67 bits per heavy atom. The first-order chi connectivity index (χ1) is 10.2. The topological polar surface area (TPSA) is 43.1 Å². The van der Waals surface area contributed by atoms with E-state index in [4.69, 9.17) is 0 Å². The highest BCUT2D eigenvalue weighted by molar-refractivity contribution is 7.20. The van der Waals surface area contributed by atoms with Crippen molar-refractivity contribution in [1.29, 1.82) is 0 Å². The molecule has 0 aliphatic heterocycles. The van der Waals surface area contributed by atoms with E-state index in [0.29, 0.717) is 16.3 Å². The van der Waals surface area contributed by atoms with Gasteiger partial charge in [-0.25, -0.2) is 8.78 Å². The van der Waals surface area contributed by atoms with E-state index in [9.17, 15) is 8.78 Å². The molecule has 0 fully saturated rings. The van der Waals surface area contributed by atoms with Gasteiger partial charge in [-0.15, -0.1) is 10.2 Å². The first kappa shape index (κ1) is 12.5. The van der Waals surface area contributed by atoms with Crippen molar-refractivity contribution >= 4 is 27.6 Å². The van der Waals surface area contributed by atoms with E-state index in [-0.39, 0.29) is 0 Å². The number of aromatic nitrogens is 4. The lowest BCUT2D eigenvalue weighted by atomic mass is 10.2. The molecule has 0 spiro atoms. The monoisotopic (exact) mass is 320 g/mol. The van der Waals surface area contributed by atoms with Crippen LogP contribution in [-0.2, 0) is 0 Å². The Morgan fingerprint density at radius 2 is 1.90 bits per heavy atom. The molecule has 4 aromatic rings. The van der Waals surface area contributed by atoms with E-state index >= 15 is 0 Å². The molecule has 4 rings (SSSR count). The molecule has 3 heterocycles. The number of benzene rings is 1. The van der Waals surface area contributed by atoms with Crippen LogP contribution in [0.3, 0.4) is 0 Å². The highest BCUT2D eigenvalue weighted by atomic mass is 32.1. The normalized spacial score (nSPS) is 11.3. The number of hydrogen-bond donors (Lipinski definition) is 0. The second-order valence-electron chi connectivity index (χ2n) is 4.27. The van der Waals surface area contributed by atoms with E-state index in [0.717, 1.165) is 22.7 Å². The third kappa shape index (κ3) is 2.03. The van der Waals surface area contributed by atoms with Crippen LogP contribution in [0, 0.1) is 11.6 Å². The molecular formula is C13H6F2N4S2. The van der Waals surface area contributed by atoms with Crippen molar-refractivity contribution < 1.29 is 8.78 Å². The third-order valence-electron chi connectivity index (χ3n) is 2.94. The van der Waals surface area contributed by atoms with Gasteiger partial charge in [0.1, 0.15) is 5.01 Å². The van der Waals surface area contributed by atoms with Gasteiger partial charge in [0.15, 0.2) is 17.5 Å². The summed E-state index contributed by atoms with van der Waals surface area (Å²) in [6.45, 7) is 0. The predicted molar refractivity (Wildman–Crippen MR) is 77.3 cm³/mol. The van der Waals surface area contributed by atoms with Crippen LogP contribution in [-0.4, -0.2) is 19.8 Å². The second kappa shape index (κ2) is 4.68. The van der Waals surface area contributed by atoms with Crippen LogP contribution in [0.25, 0.3) is 26.9 Å². The summed E-state index contributed by atoms with van der Waals surface area (Å²) in [4.78, 5) is 0.607. The summed E-state index contributed by atoms with van der Waals surface area (Å²) in [5.74, 6) is -1.42. The van der Waals surface area contributed by atoms with Crippen molar-refractivity contribution in [3.63, 3.8) is 0 Å². The summed E-state index contributed by atoms with van der Waals surface area (Å²) < 4.78 is 27.9. The maximum Gasteiger partial charge on any atom is 0.235 e. The van der Waals surface area contributed by atoms with Crippen molar-refractivity contribution in [1.82, 2.24) is 19.8 Å². The minimum Gasteiger partial charge on any atom is -0.204 e. The van der Waals surface area contributed by atoms with Crippen molar-refractivity contribution in [3.05, 3.63) is 46.7 Å². The summed E-state index contributed by atoms with van der Waals surface area (Å²) >= 11 is 2.98. The number of thiophene rings is 1. The zero-order valence-corrected chi connectivity index (χ0v) is 12.0. The Labute approximate surface area is 125 Å². The Bertz CT molecular complexity index is 927. The summed E-state index contributed by atoms with van der Waals surface area (Å²) in [5.41, 5.74) is 1.44. The smallest absolute Gasteiger partial charge is 0.204 e. The SMILES string of the molecule is Fc1ccc(-c2nnc3sc(-c4ccsc4)nn23)cc1F.